The molecule has 0 aliphatic rings. The van der Waals surface area contributed by atoms with Crippen molar-refractivity contribution in [2.45, 2.75) is 0 Å². The van der Waals surface area contributed by atoms with Gasteiger partial charge in [-0.25, -0.2) is 4.39 Å². The first kappa shape index (κ1) is 27.9. The molecule has 48 heavy (non-hydrogen) atoms. The van der Waals surface area contributed by atoms with E-state index in [2.05, 4.69) is 125 Å². The summed E-state index contributed by atoms with van der Waals surface area (Å²) in [6, 6.07) is 59.5. The van der Waals surface area contributed by atoms with Crippen molar-refractivity contribution >= 4 is 77.6 Å². The highest BCUT2D eigenvalue weighted by atomic mass is 19.1. The normalized spacial score (nSPS) is 11.4. The minimum absolute atomic E-state index is 0.273. The van der Waals surface area contributed by atoms with Crippen molar-refractivity contribution in [1.82, 2.24) is 0 Å². The van der Waals surface area contributed by atoms with Gasteiger partial charge in [-0.1, -0.05) is 84.9 Å². The van der Waals surface area contributed by atoms with Crippen LogP contribution in [0.25, 0.3) is 43.5 Å². The number of nitrogens with zero attached hydrogens (tertiary/aromatic N) is 2. The summed E-state index contributed by atoms with van der Waals surface area (Å²) in [7, 11) is 0. The van der Waals surface area contributed by atoms with E-state index in [1.165, 1.54) is 12.1 Å². The molecule has 0 N–H and O–H groups in total. The summed E-state index contributed by atoms with van der Waals surface area (Å²) in [5, 5.41) is 6.58. The SMILES string of the molecule is Fc1ccc(N(c2ccc3oc4ccccc4c3c2)c2cc3ccccc3c3cc(N(c4ccccc4)c4ccccc4)ccc23)cc1. The molecular formula is C44H29FN2O. The molecule has 9 aromatic rings. The van der Waals surface area contributed by atoms with Crippen LogP contribution in [0.1, 0.15) is 0 Å². The molecule has 1 aromatic heterocycles. The van der Waals surface area contributed by atoms with Crippen LogP contribution >= 0.6 is 0 Å². The molecule has 0 unspecified atom stereocenters. The molecule has 0 saturated heterocycles. The summed E-state index contributed by atoms with van der Waals surface area (Å²) in [6.45, 7) is 0. The fraction of sp³-hybridized carbons (Fsp3) is 0. The number of anilines is 6. The number of para-hydroxylation sites is 3. The van der Waals surface area contributed by atoms with E-state index in [0.29, 0.717) is 0 Å². The maximum atomic E-state index is 14.3. The predicted molar refractivity (Wildman–Crippen MR) is 198 cm³/mol. The molecule has 228 valence electrons. The van der Waals surface area contributed by atoms with Gasteiger partial charge in [0.25, 0.3) is 0 Å². The van der Waals surface area contributed by atoms with E-state index in [1.807, 2.05) is 48.5 Å². The van der Waals surface area contributed by atoms with Gasteiger partial charge in [0.2, 0.25) is 0 Å². The zero-order valence-electron chi connectivity index (χ0n) is 25.9. The van der Waals surface area contributed by atoms with Crippen LogP contribution in [0.4, 0.5) is 38.5 Å². The number of benzene rings is 8. The van der Waals surface area contributed by atoms with Gasteiger partial charge in [-0.3, -0.25) is 0 Å². The monoisotopic (exact) mass is 620 g/mol. The summed E-state index contributed by atoms with van der Waals surface area (Å²) in [4.78, 5) is 4.51. The molecule has 9 rings (SSSR count). The zero-order valence-corrected chi connectivity index (χ0v) is 25.9. The summed E-state index contributed by atoms with van der Waals surface area (Å²) in [5.74, 6) is -0.273. The minimum Gasteiger partial charge on any atom is -0.456 e. The van der Waals surface area contributed by atoms with Gasteiger partial charge < -0.3 is 14.2 Å². The highest BCUT2D eigenvalue weighted by Crippen LogP contribution is 2.45. The van der Waals surface area contributed by atoms with Crippen LogP contribution in [0.5, 0.6) is 0 Å². The van der Waals surface area contributed by atoms with Gasteiger partial charge in [0.15, 0.2) is 0 Å². The number of hydrogen-bond donors (Lipinski definition) is 0. The van der Waals surface area contributed by atoms with E-state index < -0.39 is 0 Å². The van der Waals surface area contributed by atoms with E-state index in [0.717, 1.165) is 77.6 Å². The Hall–Kier alpha value is -6.39. The summed E-state index contributed by atoms with van der Waals surface area (Å²) in [6.07, 6.45) is 0. The van der Waals surface area contributed by atoms with Crippen LogP contribution in [-0.4, -0.2) is 0 Å². The van der Waals surface area contributed by atoms with Crippen molar-refractivity contribution < 1.29 is 8.81 Å². The molecule has 0 spiro atoms. The lowest BCUT2D eigenvalue weighted by Crippen LogP contribution is -2.12. The molecule has 0 saturated carbocycles. The molecule has 3 nitrogen and oxygen atoms in total. The van der Waals surface area contributed by atoms with Crippen molar-refractivity contribution in [1.29, 1.82) is 0 Å². The van der Waals surface area contributed by atoms with Gasteiger partial charge in [-0.2, -0.15) is 0 Å². The summed E-state index contributed by atoms with van der Waals surface area (Å²) < 4.78 is 20.5. The predicted octanol–water partition coefficient (Wildman–Crippen LogP) is 13.0. The third kappa shape index (κ3) is 4.74. The number of hydrogen-bond acceptors (Lipinski definition) is 3. The Morgan fingerprint density at radius 1 is 0.354 bits per heavy atom. The lowest BCUT2D eigenvalue weighted by Gasteiger charge is -2.29. The maximum Gasteiger partial charge on any atom is 0.135 e. The number of furan rings is 1. The van der Waals surface area contributed by atoms with Crippen LogP contribution in [0.3, 0.4) is 0 Å². The molecule has 0 radical (unpaired) electrons. The number of fused-ring (bicyclic) bond motifs is 6. The van der Waals surface area contributed by atoms with Gasteiger partial charge in [-0.15, -0.1) is 0 Å². The van der Waals surface area contributed by atoms with Gasteiger partial charge in [0.05, 0.1) is 5.69 Å². The average molecular weight is 621 g/mol. The third-order valence-corrected chi connectivity index (χ3v) is 9.05. The number of halogens is 1. The van der Waals surface area contributed by atoms with Crippen LogP contribution in [0.2, 0.25) is 0 Å². The van der Waals surface area contributed by atoms with Crippen molar-refractivity contribution in [3.05, 3.63) is 182 Å². The second-order valence-corrected chi connectivity index (χ2v) is 11.9. The average Bonchev–Trinajstić information content (AvgIpc) is 3.52. The van der Waals surface area contributed by atoms with E-state index in [9.17, 15) is 4.39 Å². The first-order chi connectivity index (χ1) is 23.7. The van der Waals surface area contributed by atoms with Gasteiger partial charge in [-0.05, 0) is 107 Å². The molecular weight excluding hydrogens is 591 g/mol. The third-order valence-electron chi connectivity index (χ3n) is 9.05. The second kappa shape index (κ2) is 11.4. The fourth-order valence-corrected chi connectivity index (χ4v) is 6.87. The summed E-state index contributed by atoms with van der Waals surface area (Å²) in [5.41, 5.74) is 7.71. The maximum absolute atomic E-state index is 14.3. The largest absolute Gasteiger partial charge is 0.456 e. The highest BCUT2D eigenvalue weighted by molar-refractivity contribution is 6.16. The second-order valence-electron chi connectivity index (χ2n) is 11.9. The van der Waals surface area contributed by atoms with Gasteiger partial charge >= 0.3 is 0 Å². The summed E-state index contributed by atoms with van der Waals surface area (Å²) >= 11 is 0. The molecule has 0 bridgehead atoms. The first-order valence-corrected chi connectivity index (χ1v) is 16.0. The Bertz CT molecular complexity index is 2540. The van der Waals surface area contributed by atoms with Crippen molar-refractivity contribution in [3.63, 3.8) is 0 Å². The Balaban J connectivity index is 1.31. The van der Waals surface area contributed by atoms with E-state index in [-0.39, 0.29) is 5.82 Å². The van der Waals surface area contributed by atoms with Crippen LogP contribution in [0.15, 0.2) is 180 Å². The Morgan fingerprint density at radius 2 is 0.896 bits per heavy atom. The van der Waals surface area contributed by atoms with E-state index in [1.54, 1.807) is 0 Å². The van der Waals surface area contributed by atoms with Crippen LogP contribution in [-0.2, 0) is 0 Å². The number of rotatable bonds is 6. The smallest absolute Gasteiger partial charge is 0.135 e. The molecule has 0 amide bonds. The quantitative estimate of drug-likeness (QED) is 0.172. The van der Waals surface area contributed by atoms with Crippen molar-refractivity contribution in [3.8, 4) is 0 Å². The molecule has 0 fully saturated rings. The molecule has 0 aliphatic carbocycles. The minimum atomic E-state index is -0.273. The standard InChI is InChI=1S/C44H29FN2O/c45-31-19-21-34(22-20-31)47(36-24-26-44-41(29-36)39-17-9-10-18-43(39)48-44)42-27-30-11-7-8-16-37(30)40-28-35(23-25-38(40)42)46(32-12-3-1-4-13-32)33-14-5-2-6-15-33/h1-29H. The Kier molecular flexibility index (Phi) is 6.65. The van der Waals surface area contributed by atoms with E-state index in [4.69, 9.17) is 4.42 Å². The highest BCUT2D eigenvalue weighted by Gasteiger charge is 2.21. The van der Waals surface area contributed by atoms with Crippen molar-refractivity contribution in [2.24, 2.45) is 0 Å². The Labute approximate surface area is 277 Å². The zero-order chi connectivity index (χ0) is 32.0. The van der Waals surface area contributed by atoms with Crippen LogP contribution < -0.4 is 9.80 Å². The van der Waals surface area contributed by atoms with Crippen LogP contribution in [0, 0.1) is 5.82 Å². The Morgan fingerprint density at radius 3 is 1.65 bits per heavy atom. The topological polar surface area (TPSA) is 19.6 Å². The fourth-order valence-electron chi connectivity index (χ4n) is 6.87. The molecule has 8 aromatic carbocycles. The molecule has 0 atom stereocenters. The van der Waals surface area contributed by atoms with Gasteiger partial charge in [0.1, 0.15) is 17.0 Å². The lowest BCUT2D eigenvalue weighted by molar-refractivity contribution is 0.628. The lowest BCUT2D eigenvalue weighted by atomic mass is 9.97. The molecule has 4 heteroatoms. The van der Waals surface area contributed by atoms with Gasteiger partial charge in [0, 0.05) is 44.6 Å². The molecule has 1 heterocycles. The molecule has 0 aliphatic heterocycles. The first-order valence-electron chi connectivity index (χ1n) is 16.0. The van der Waals surface area contributed by atoms with E-state index >= 15 is 0 Å². The van der Waals surface area contributed by atoms with Crippen molar-refractivity contribution in [2.75, 3.05) is 9.80 Å².